The van der Waals surface area contributed by atoms with Crippen LogP contribution < -0.4 is 4.74 Å². The van der Waals surface area contributed by atoms with Crippen molar-refractivity contribution in [1.29, 1.82) is 0 Å². The Labute approximate surface area is 111 Å². The minimum Gasteiger partial charge on any atom is -0.492 e. The van der Waals surface area contributed by atoms with Crippen molar-refractivity contribution in [3.05, 3.63) is 17.7 Å². The molecule has 1 aromatic rings. The highest BCUT2D eigenvalue weighted by molar-refractivity contribution is 7.99. The molecule has 1 aliphatic heterocycles. The van der Waals surface area contributed by atoms with Crippen LogP contribution in [0.2, 0.25) is 0 Å². The molecule has 2 nitrogen and oxygen atoms in total. The SMILES string of the molecule is COCC1CCOc2c(SC)ccc(SC)c21. The van der Waals surface area contributed by atoms with Crippen LogP contribution in [0.25, 0.3) is 0 Å². The molecule has 2 rings (SSSR count). The topological polar surface area (TPSA) is 18.5 Å². The third kappa shape index (κ3) is 2.59. The molecule has 0 spiro atoms. The molecular formula is C13H18O2S2. The van der Waals surface area contributed by atoms with E-state index in [1.807, 2.05) is 0 Å². The van der Waals surface area contributed by atoms with Gasteiger partial charge in [0.2, 0.25) is 0 Å². The van der Waals surface area contributed by atoms with Crippen molar-refractivity contribution in [2.45, 2.75) is 22.1 Å². The number of rotatable bonds is 4. The highest BCUT2D eigenvalue weighted by atomic mass is 32.2. The normalized spacial score (nSPS) is 18.6. The van der Waals surface area contributed by atoms with Gasteiger partial charge in [0, 0.05) is 28.4 Å². The van der Waals surface area contributed by atoms with E-state index in [9.17, 15) is 0 Å². The maximum Gasteiger partial charge on any atom is 0.137 e. The fourth-order valence-corrected chi connectivity index (χ4v) is 3.49. The zero-order valence-corrected chi connectivity index (χ0v) is 12.1. The van der Waals surface area contributed by atoms with Crippen LogP contribution in [0.15, 0.2) is 21.9 Å². The summed E-state index contributed by atoms with van der Waals surface area (Å²) in [5, 5.41) is 0. The molecule has 0 aromatic heterocycles. The van der Waals surface area contributed by atoms with Crippen molar-refractivity contribution in [2.75, 3.05) is 32.8 Å². The lowest BCUT2D eigenvalue weighted by atomic mass is 9.94. The lowest BCUT2D eigenvalue weighted by Crippen LogP contribution is -2.19. The number of ether oxygens (including phenoxy) is 2. The fraction of sp³-hybridized carbons (Fsp3) is 0.538. The summed E-state index contributed by atoms with van der Waals surface area (Å²) in [4.78, 5) is 2.55. The Morgan fingerprint density at radius 1 is 1.29 bits per heavy atom. The fourth-order valence-electron chi connectivity index (χ4n) is 2.25. The summed E-state index contributed by atoms with van der Waals surface area (Å²) in [5.41, 5.74) is 1.34. The molecule has 1 unspecified atom stereocenters. The lowest BCUT2D eigenvalue weighted by molar-refractivity contribution is 0.151. The van der Waals surface area contributed by atoms with E-state index >= 15 is 0 Å². The Balaban J connectivity index is 2.48. The second kappa shape index (κ2) is 6.03. The molecule has 0 bridgehead atoms. The van der Waals surface area contributed by atoms with Gasteiger partial charge in [-0.15, -0.1) is 23.5 Å². The standard InChI is InChI=1S/C13H18O2S2/c1-14-8-9-6-7-15-13-11(17-3)5-4-10(16-2)12(9)13/h4-5,9H,6-8H2,1-3H3. The molecular weight excluding hydrogens is 252 g/mol. The Kier molecular flexibility index (Phi) is 4.65. The molecule has 1 heterocycles. The summed E-state index contributed by atoms with van der Waals surface area (Å²) >= 11 is 3.54. The van der Waals surface area contributed by atoms with Gasteiger partial charge in [0.25, 0.3) is 0 Å². The van der Waals surface area contributed by atoms with Gasteiger partial charge < -0.3 is 9.47 Å². The molecule has 17 heavy (non-hydrogen) atoms. The van der Waals surface area contributed by atoms with Gasteiger partial charge in [-0.25, -0.2) is 0 Å². The third-order valence-corrected chi connectivity index (χ3v) is 4.61. The van der Waals surface area contributed by atoms with Gasteiger partial charge in [-0.05, 0) is 31.1 Å². The van der Waals surface area contributed by atoms with Crippen molar-refractivity contribution in [2.24, 2.45) is 0 Å². The Morgan fingerprint density at radius 3 is 2.65 bits per heavy atom. The van der Waals surface area contributed by atoms with Gasteiger partial charge in [-0.3, -0.25) is 0 Å². The molecule has 0 fully saturated rings. The first-order chi connectivity index (χ1) is 8.31. The van der Waals surface area contributed by atoms with Crippen LogP contribution in [-0.2, 0) is 4.74 Å². The van der Waals surface area contributed by atoms with Crippen molar-refractivity contribution in [1.82, 2.24) is 0 Å². The molecule has 0 saturated carbocycles. The van der Waals surface area contributed by atoms with Gasteiger partial charge in [0.05, 0.1) is 13.2 Å². The van der Waals surface area contributed by atoms with Crippen LogP contribution >= 0.6 is 23.5 Å². The molecule has 4 heteroatoms. The van der Waals surface area contributed by atoms with Crippen molar-refractivity contribution in [3.63, 3.8) is 0 Å². The monoisotopic (exact) mass is 270 g/mol. The van der Waals surface area contributed by atoms with Crippen LogP contribution in [0.4, 0.5) is 0 Å². The molecule has 1 atom stereocenters. The van der Waals surface area contributed by atoms with E-state index in [2.05, 4.69) is 24.6 Å². The summed E-state index contributed by atoms with van der Waals surface area (Å²) in [7, 11) is 1.77. The zero-order chi connectivity index (χ0) is 12.3. The molecule has 94 valence electrons. The first-order valence-corrected chi connectivity index (χ1v) is 8.13. The molecule has 0 aliphatic carbocycles. The smallest absolute Gasteiger partial charge is 0.137 e. The number of methoxy groups -OCH3 is 1. The Hall–Kier alpha value is -0.320. The number of hydrogen-bond acceptors (Lipinski definition) is 4. The third-order valence-electron chi connectivity index (χ3n) is 3.05. The highest BCUT2D eigenvalue weighted by Gasteiger charge is 2.26. The molecule has 0 amide bonds. The average molecular weight is 270 g/mol. The van der Waals surface area contributed by atoms with E-state index in [1.165, 1.54) is 15.4 Å². The first kappa shape index (κ1) is 13.1. The van der Waals surface area contributed by atoms with Gasteiger partial charge in [-0.2, -0.15) is 0 Å². The van der Waals surface area contributed by atoms with Crippen LogP contribution in [-0.4, -0.2) is 32.8 Å². The molecule has 0 saturated heterocycles. The maximum atomic E-state index is 5.87. The Bertz CT molecular complexity index is 393. The van der Waals surface area contributed by atoms with Crippen molar-refractivity contribution >= 4 is 23.5 Å². The second-order valence-electron chi connectivity index (χ2n) is 4.00. The minimum atomic E-state index is 0.471. The van der Waals surface area contributed by atoms with E-state index in [0.717, 1.165) is 25.4 Å². The Morgan fingerprint density at radius 2 is 2.00 bits per heavy atom. The molecule has 0 radical (unpaired) electrons. The van der Waals surface area contributed by atoms with E-state index < -0.39 is 0 Å². The van der Waals surface area contributed by atoms with Gasteiger partial charge >= 0.3 is 0 Å². The summed E-state index contributed by atoms with van der Waals surface area (Å²) in [6.45, 7) is 1.58. The number of fused-ring (bicyclic) bond motifs is 1. The van der Waals surface area contributed by atoms with E-state index in [4.69, 9.17) is 9.47 Å². The average Bonchev–Trinajstić information content (AvgIpc) is 2.38. The van der Waals surface area contributed by atoms with Crippen LogP contribution in [0.1, 0.15) is 17.9 Å². The molecule has 1 aromatic carbocycles. The van der Waals surface area contributed by atoms with Crippen LogP contribution in [0.3, 0.4) is 0 Å². The zero-order valence-electron chi connectivity index (χ0n) is 10.5. The summed E-state index contributed by atoms with van der Waals surface area (Å²) in [6, 6.07) is 4.36. The number of benzene rings is 1. The highest BCUT2D eigenvalue weighted by Crippen LogP contribution is 2.44. The van der Waals surface area contributed by atoms with E-state index in [1.54, 1.807) is 30.6 Å². The summed E-state index contributed by atoms with van der Waals surface area (Å²) in [5.74, 6) is 1.55. The lowest BCUT2D eigenvalue weighted by Gasteiger charge is -2.28. The summed E-state index contributed by atoms with van der Waals surface area (Å²) < 4.78 is 11.2. The maximum absolute atomic E-state index is 5.87. The van der Waals surface area contributed by atoms with E-state index in [0.29, 0.717) is 5.92 Å². The predicted octanol–water partition coefficient (Wildman–Crippen LogP) is 3.64. The predicted molar refractivity (Wildman–Crippen MR) is 74.7 cm³/mol. The first-order valence-electron chi connectivity index (χ1n) is 5.68. The molecule has 1 aliphatic rings. The number of thioether (sulfide) groups is 2. The van der Waals surface area contributed by atoms with Crippen LogP contribution in [0, 0.1) is 0 Å². The van der Waals surface area contributed by atoms with Gasteiger partial charge in [0.1, 0.15) is 5.75 Å². The largest absolute Gasteiger partial charge is 0.492 e. The van der Waals surface area contributed by atoms with Gasteiger partial charge in [-0.1, -0.05) is 0 Å². The van der Waals surface area contributed by atoms with Gasteiger partial charge in [0.15, 0.2) is 0 Å². The number of hydrogen-bond donors (Lipinski definition) is 0. The quantitative estimate of drug-likeness (QED) is 0.777. The second-order valence-corrected chi connectivity index (χ2v) is 5.70. The van der Waals surface area contributed by atoms with E-state index in [-0.39, 0.29) is 0 Å². The summed E-state index contributed by atoms with van der Waals surface area (Å²) in [6.07, 6.45) is 5.26. The van der Waals surface area contributed by atoms with Crippen molar-refractivity contribution < 1.29 is 9.47 Å². The molecule has 0 N–H and O–H groups in total. The minimum absolute atomic E-state index is 0.471. The van der Waals surface area contributed by atoms with Crippen molar-refractivity contribution in [3.8, 4) is 5.75 Å². The van der Waals surface area contributed by atoms with Crippen LogP contribution in [0.5, 0.6) is 5.75 Å².